The maximum Gasteiger partial charge on any atom is 0.234 e. The first-order valence-corrected chi connectivity index (χ1v) is 9.18. The lowest BCUT2D eigenvalue weighted by molar-refractivity contribution is -0.113. The lowest BCUT2D eigenvalue weighted by Gasteiger charge is -2.08. The summed E-state index contributed by atoms with van der Waals surface area (Å²) in [5, 5.41) is 12.3. The van der Waals surface area contributed by atoms with Crippen LogP contribution in [0.25, 0.3) is 0 Å². The molecule has 0 saturated carbocycles. The second-order valence-corrected chi connectivity index (χ2v) is 6.69. The van der Waals surface area contributed by atoms with Gasteiger partial charge >= 0.3 is 0 Å². The molecule has 0 aliphatic carbocycles. The Bertz CT molecular complexity index is 683. The van der Waals surface area contributed by atoms with E-state index in [1.807, 2.05) is 18.2 Å². The third-order valence-corrected chi connectivity index (χ3v) is 4.99. The second kappa shape index (κ2) is 7.64. The number of thioether (sulfide) groups is 1. The van der Waals surface area contributed by atoms with Crippen LogP contribution >= 0.6 is 11.8 Å². The van der Waals surface area contributed by atoms with Gasteiger partial charge in [0, 0.05) is 18.7 Å². The number of amides is 1. The van der Waals surface area contributed by atoms with Crippen molar-refractivity contribution in [3.63, 3.8) is 0 Å². The minimum absolute atomic E-state index is 0.00535. The molecule has 3 rings (SSSR count). The zero-order chi connectivity index (χ0) is 16.1. The molecule has 1 amide bonds. The summed E-state index contributed by atoms with van der Waals surface area (Å²) in [4.78, 5) is 12.2. The van der Waals surface area contributed by atoms with E-state index in [4.69, 9.17) is 0 Å². The molecule has 2 aromatic rings. The molecule has 1 aromatic heterocycles. The number of rotatable bonds is 5. The number of fused-ring (bicyclic) bond motifs is 1. The summed E-state index contributed by atoms with van der Waals surface area (Å²) in [6, 6.07) is 7.98. The smallest absolute Gasteiger partial charge is 0.234 e. The van der Waals surface area contributed by atoms with Gasteiger partial charge in [0.2, 0.25) is 5.91 Å². The van der Waals surface area contributed by atoms with Crippen LogP contribution < -0.4 is 5.32 Å². The third-order valence-electron chi connectivity index (χ3n) is 4.03. The van der Waals surface area contributed by atoms with E-state index in [-0.39, 0.29) is 5.91 Å². The topological polar surface area (TPSA) is 59.8 Å². The number of carbonyl (C=O) groups is 1. The second-order valence-electron chi connectivity index (χ2n) is 5.75. The number of nitrogens with zero attached hydrogens (tertiary/aromatic N) is 3. The zero-order valence-corrected chi connectivity index (χ0v) is 14.2. The molecule has 0 bridgehead atoms. The fraction of sp³-hybridized carbons (Fsp3) is 0.471. The molecule has 1 aliphatic heterocycles. The predicted molar refractivity (Wildman–Crippen MR) is 92.8 cm³/mol. The van der Waals surface area contributed by atoms with E-state index < -0.39 is 0 Å². The molecule has 1 aromatic carbocycles. The lowest BCUT2D eigenvalue weighted by Crippen LogP contribution is -2.15. The first-order valence-electron chi connectivity index (χ1n) is 8.20. The van der Waals surface area contributed by atoms with Crippen LogP contribution in [0.5, 0.6) is 0 Å². The molecule has 5 nitrogen and oxygen atoms in total. The molecular weight excluding hydrogens is 308 g/mol. The monoisotopic (exact) mass is 330 g/mol. The van der Waals surface area contributed by atoms with Crippen molar-refractivity contribution in [2.75, 3.05) is 11.1 Å². The molecule has 1 aliphatic rings. The van der Waals surface area contributed by atoms with Crippen molar-refractivity contribution in [1.29, 1.82) is 0 Å². The Morgan fingerprint density at radius 2 is 2.22 bits per heavy atom. The Morgan fingerprint density at radius 3 is 3.09 bits per heavy atom. The largest absolute Gasteiger partial charge is 0.325 e. The van der Waals surface area contributed by atoms with Crippen molar-refractivity contribution < 1.29 is 4.79 Å². The Kier molecular flexibility index (Phi) is 5.33. The van der Waals surface area contributed by atoms with Crippen LogP contribution in [-0.4, -0.2) is 26.4 Å². The van der Waals surface area contributed by atoms with Crippen LogP contribution in [-0.2, 0) is 24.2 Å². The maximum atomic E-state index is 12.2. The van der Waals surface area contributed by atoms with Gasteiger partial charge in [0.25, 0.3) is 0 Å². The van der Waals surface area contributed by atoms with Crippen LogP contribution in [0.1, 0.15) is 37.6 Å². The predicted octanol–water partition coefficient (Wildman–Crippen LogP) is 3.30. The van der Waals surface area contributed by atoms with Gasteiger partial charge in [-0.3, -0.25) is 4.79 Å². The van der Waals surface area contributed by atoms with Crippen LogP contribution in [0.2, 0.25) is 0 Å². The quantitative estimate of drug-likeness (QED) is 0.855. The number of aryl methyl sites for hydroxylation is 2. The number of hydrogen-bond donors (Lipinski definition) is 1. The average molecular weight is 330 g/mol. The normalized spacial score (nSPS) is 14.1. The summed E-state index contributed by atoms with van der Waals surface area (Å²) in [6.45, 7) is 3.07. The standard InChI is InChI=1S/C17H22N4OS/c1-2-13-7-6-8-14(11-13)18-16(22)12-23-17-20-19-15-9-4-3-5-10-21(15)17/h6-8,11H,2-5,9-10,12H2,1H3,(H,18,22). The van der Waals surface area contributed by atoms with Gasteiger partial charge in [0.15, 0.2) is 5.16 Å². The minimum atomic E-state index is -0.00535. The number of aromatic nitrogens is 3. The minimum Gasteiger partial charge on any atom is -0.325 e. The summed E-state index contributed by atoms with van der Waals surface area (Å²) < 4.78 is 2.17. The van der Waals surface area contributed by atoms with Gasteiger partial charge in [0.05, 0.1) is 5.75 Å². The molecule has 0 atom stereocenters. The van der Waals surface area contributed by atoms with Crippen molar-refractivity contribution in [1.82, 2.24) is 14.8 Å². The number of carbonyl (C=O) groups excluding carboxylic acids is 1. The summed E-state index contributed by atoms with van der Waals surface area (Å²) >= 11 is 1.47. The summed E-state index contributed by atoms with van der Waals surface area (Å²) in [6.07, 6.45) is 5.53. The summed E-state index contributed by atoms with van der Waals surface area (Å²) in [5.41, 5.74) is 2.08. The Labute approximate surface area is 140 Å². The van der Waals surface area contributed by atoms with E-state index in [9.17, 15) is 4.79 Å². The van der Waals surface area contributed by atoms with Crippen molar-refractivity contribution in [2.45, 2.75) is 50.7 Å². The molecule has 0 saturated heterocycles. The highest BCUT2D eigenvalue weighted by atomic mass is 32.2. The maximum absolute atomic E-state index is 12.2. The van der Waals surface area contributed by atoms with Crippen LogP contribution in [0.15, 0.2) is 29.4 Å². The fourth-order valence-corrected chi connectivity index (χ4v) is 3.54. The zero-order valence-electron chi connectivity index (χ0n) is 13.4. The average Bonchev–Trinajstić information content (AvgIpc) is 2.79. The van der Waals surface area contributed by atoms with E-state index >= 15 is 0 Å². The number of anilines is 1. The van der Waals surface area contributed by atoms with Gasteiger partial charge in [0.1, 0.15) is 5.82 Å². The van der Waals surface area contributed by atoms with Gasteiger partial charge in [-0.25, -0.2) is 0 Å². The molecule has 2 heterocycles. The number of hydrogen-bond acceptors (Lipinski definition) is 4. The summed E-state index contributed by atoms with van der Waals surface area (Å²) in [7, 11) is 0. The summed E-state index contributed by atoms with van der Waals surface area (Å²) in [5.74, 6) is 1.41. The first kappa shape index (κ1) is 16.1. The van der Waals surface area contributed by atoms with Crippen LogP contribution in [0, 0.1) is 0 Å². The van der Waals surface area contributed by atoms with Crippen molar-refractivity contribution >= 4 is 23.4 Å². The molecule has 0 fully saturated rings. The van der Waals surface area contributed by atoms with Gasteiger partial charge < -0.3 is 9.88 Å². The van der Waals surface area contributed by atoms with Gasteiger partial charge in [-0.05, 0) is 37.0 Å². The van der Waals surface area contributed by atoms with Crippen LogP contribution in [0.3, 0.4) is 0 Å². The number of benzene rings is 1. The molecule has 6 heteroatoms. The van der Waals surface area contributed by atoms with Gasteiger partial charge in [-0.15, -0.1) is 10.2 Å². The molecular formula is C17H22N4OS. The van der Waals surface area contributed by atoms with Gasteiger partial charge in [-0.1, -0.05) is 37.2 Å². The molecule has 1 N–H and O–H groups in total. The van der Waals surface area contributed by atoms with Crippen LogP contribution in [0.4, 0.5) is 5.69 Å². The van der Waals surface area contributed by atoms with E-state index in [0.717, 1.165) is 42.5 Å². The SMILES string of the molecule is CCc1cccc(NC(=O)CSc2nnc3n2CCCCC3)c1. The highest BCUT2D eigenvalue weighted by Gasteiger charge is 2.16. The fourth-order valence-electron chi connectivity index (χ4n) is 2.76. The third kappa shape index (κ3) is 4.13. The van der Waals surface area contributed by atoms with E-state index in [2.05, 4.69) is 33.1 Å². The molecule has 0 unspecified atom stereocenters. The van der Waals surface area contributed by atoms with E-state index in [1.54, 1.807) is 0 Å². The van der Waals surface area contributed by atoms with E-state index in [1.165, 1.54) is 30.2 Å². The van der Waals surface area contributed by atoms with Crippen molar-refractivity contribution in [2.24, 2.45) is 0 Å². The molecule has 122 valence electrons. The van der Waals surface area contributed by atoms with E-state index in [0.29, 0.717) is 5.75 Å². The Hall–Kier alpha value is -1.82. The van der Waals surface area contributed by atoms with Gasteiger partial charge in [-0.2, -0.15) is 0 Å². The lowest BCUT2D eigenvalue weighted by atomic mass is 10.1. The van der Waals surface area contributed by atoms with Crippen molar-refractivity contribution in [3.8, 4) is 0 Å². The molecule has 0 spiro atoms. The Balaban J connectivity index is 1.58. The highest BCUT2D eigenvalue weighted by Crippen LogP contribution is 2.22. The molecule has 23 heavy (non-hydrogen) atoms. The molecule has 0 radical (unpaired) electrons. The first-order chi connectivity index (χ1) is 11.3. The highest BCUT2D eigenvalue weighted by molar-refractivity contribution is 7.99. The number of nitrogens with one attached hydrogen (secondary N) is 1. The Morgan fingerprint density at radius 1 is 1.30 bits per heavy atom. The van der Waals surface area contributed by atoms with Crippen molar-refractivity contribution in [3.05, 3.63) is 35.7 Å².